The molecule has 4 rings (SSSR count). The molecule has 0 radical (unpaired) electrons. The zero-order valence-corrected chi connectivity index (χ0v) is 14.7. The number of rotatable bonds is 5. The van der Waals surface area contributed by atoms with Crippen LogP contribution in [-0.2, 0) is 11.2 Å². The van der Waals surface area contributed by atoms with Crippen LogP contribution in [0.4, 0.5) is 4.39 Å². The molecule has 4 atom stereocenters. The van der Waals surface area contributed by atoms with E-state index in [1.165, 1.54) is 24.8 Å². The number of hydrogen-bond donors (Lipinski definition) is 1. The minimum atomic E-state index is -0.569. The monoisotopic (exact) mass is 355 g/mol. The summed E-state index contributed by atoms with van der Waals surface area (Å²) in [6.45, 7) is 0.718. The number of halogens is 1. The summed E-state index contributed by atoms with van der Waals surface area (Å²) >= 11 is 0. The number of hydrogen-bond acceptors (Lipinski definition) is 3. The van der Waals surface area contributed by atoms with Gasteiger partial charge in [-0.05, 0) is 30.5 Å². The molecular formula is C21H22FNO3. The van der Waals surface area contributed by atoms with Crippen LogP contribution in [0.2, 0.25) is 0 Å². The highest BCUT2D eigenvalue weighted by Crippen LogP contribution is 2.45. The molecule has 2 aromatic rings. The Kier molecular flexibility index (Phi) is 4.64. The van der Waals surface area contributed by atoms with E-state index in [0.717, 1.165) is 19.4 Å². The number of amides is 1. The Morgan fingerprint density at radius 2 is 2.04 bits per heavy atom. The molecule has 1 aliphatic carbocycles. The predicted octanol–water partition coefficient (Wildman–Crippen LogP) is 3.21. The number of fused-ring (bicyclic) bond motifs is 1. The van der Waals surface area contributed by atoms with Crippen molar-refractivity contribution in [1.29, 1.82) is 0 Å². The van der Waals surface area contributed by atoms with Gasteiger partial charge in [0.1, 0.15) is 17.1 Å². The Morgan fingerprint density at radius 1 is 1.23 bits per heavy atom. The third-order valence-corrected chi connectivity index (χ3v) is 5.56. The standard InChI is InChI=1S/C21H22FNO3/c1-25-17-9-5-8-16(22)18(17)21(24)23-19-14-10-11-26-20(14)15(19)12-13-6-3-2-4-7-13/h2-9,14-15,19-20H,10-12H2,1H3,(H,23,24)/t14-,15+,19-,20-/m1/s1. The van der Waals surface area contributed by atoms with Crippen LogP contribution in [0.25, 0.3) is 0 Å². The molecular weight excluding hydrogens is 333 g/mol. The maximum Gasteiger partial charge on any atom is 0.258 e. The molecule has 0 unspecified atom stereocenters. The topological polar surface area (TPSA) is 47.6 Å². The van der Waals surface area contributed by atoms with Crippen LogP contribution in [-0.4, -0.2) is 31.8 Å². The van der Waals surface area contributed by atoms with E-state index in [0.29, 0.717) is 5.92 Å². The largest absolute Gasteiger partial charge is 0.496 e. The van der Waals surface area contributed by atoms with Gasteiger partial charge < -0.3 is 14.8 Å². The third kappa shape index (κ3) is 2.97. The third-order valence-electron chi connectivity index (χ3n) is 5.56. The quantitative estimate of drug-likeness (QED) is 0.896. The van der Waals surface area contributed by atoms with Crippen LogP contribution < -0.4 is 10.1 Å². The molecule has 0 bridgehead atoms. The van der Waals surface area contributed by atoms with Gasteiger partial charge in [-0.15, -0.1) is 0 Å². The van der Waals surface area contributed by atoms with Gasteiger partial charge in [-0.3, -0.25) is 4.79 Å². The molecule has 2 fully saturated rings. The molecule has 1 saturated carbocycles. The molecule has 2 aliphatic rings. The number of carbonyl (C=O) groups excluding carboxylic acids is 1. The van der Waals surface area contributed by atoms with Gasteiger partial charge in [0.25, 0.3) is 5.91 Å². The maximum atomic E-state index is 14.2. The van der Waals surface area contributed by atoms with Gasteiger partial charge in [-0.25, -0.2) is 4.39 Å². The normalized spacial score (nSPS) is 26.7. The molecule has 1 aliphatic heterocycles. The van der Waals surface area contributed by atoms with Gasteiger partial charge in [0.2, 0.25) is 0 Å². The van der Waals surface area contributed by atoms with Gasteiger partial charge in [0.05, 0.1) is 13.2 Å². The van der Waals surface area contributed by atoms with Crippen LogP contribution in [0.1, 0.15) is 22.3 Å². The molecule has 0 aromatic heterocycles. The van der Waals surface area contributed by atoms with Crippen molar-refractivity contribution in [3.8, 4) is 5.75 Å². The summed E-state index contributed by atoms with van der Waals surface area (Å²) in [7, 11) is 1.44. The van der Waals surface area contributed by atoms with Crippen LogP contribution in [0, 0.1) is 17.7 Å². The van der Waals surface area contributed by atoms with Gasteiger partial charge in [-0.1, -0.05) is 36.4 Å². The summed E-state index contributed by atoms with van der Waals surface area (Å²) in [5.74, 6) is -0.244. The molecule has 4 nitrogen and oxygen atoms in total. The van der Waals surface area contributed by atoms with E-state index in [1.807, 2.05) is 18.2 Å². The molecule has 26 heavy (non-hydrogen) atoms. The lowest BCUT2D eigenvalue weighted by Gasteiger charge is -2.48. The van der Waals surface area contributed by atoms with Crippen molar-refractivity contribution >= 4 is 5.91 Å². The lowest BCUT2D eigenvalue weighted by Crippen LogP contribution is -2.62. The van der Waals surface area contributed by atoms with Crippen LogP contribution in [0.15, 0.2) is 48.5 Å². The zero-order valence-electron chi connectivity index (χ0n) is 14.7. The van der Waals surface area contributed by atoms with Gasteiger partial charge in [0.15, 0.2) is 0 Å². The fraction of sp³-hybridized carbons (Fsp3) is 0.381. The van der Waals surface area contributed by atoms with E-state index in [1.54, 1.807) is 6.07 Å². The predicted molar refractivity (Wildman–Crippen MR) is 95.7 cm³/mol. The van der Waals surface area contributed by atoms with Crippen molar-refractivity contribution < 1.29 is 18.7 Å². The van der Waals surface area contributed by atoms with E-state index >= 15 is 0 Å². The van der Waals surface area contributed by atoms with E-state index in [2.05, 4.69) is 17.4 Å². The van der Waals surface area contributed by atoms with Gasteiger partial charge in [-0.2, -0.15) is 0 Å². The molecule has 1 amide bonds. The first-order chi connectivity index (χ1) is 12.7. The Morgan fingerprint density at radius 3 is 2.81 bits per heavy atom. The minimum Gasteiger partial charge on any atom is -0.496 e. The molecule has 1 saturated heterocycles. The smallest absolute Gasteiger partial charge is 0.258 e. The SMILES string of the molecule is COc1cccc(F)c1C(=O)N[C@@H]1[C@H]2CCO[C@H]2[C@H]1Cc1ccccc1. The Bertz CT molecular complexity index is 795. The molecule has 1 N–H and O–H groups in total. The zero-order chi connectivity index (χ0) is 18.1. The summed E-state index contributed by atoms with van der Waals surface area (Å²) in [6, 6.07) is 14.6. The summed E-state index contributed by atoms with van der Waals surface area (Å²) in [6.07, 6.45) is 1.93. The van der Waals surface area contributed by atoms with Gasteiger partial charge >= 0.3 is 0 Å². The fourth-order valence-corrected chi connectivity index (χ4v) is 4.29. The number of nitrogens with one attached hydrogen (secondary N) is 1. The Labute approximate surface area is 152 Å². The second kappa shape index (κ2) is 7.08. The van der Waals surface area contributed by atoms with E-state index in [9.17, 15) is 9.18 Å². The second-order valence-electron chi connectivity index (χ2n) is 6.96. The van der Waals surface area contributed by atoms with Crippen molar-refractivity contribution in [2.24, 2.45) is 11.8 Å². The molecule has 1 heterocycles. The number of ether oxygens (including phenoxy) is 2. The Hall–Kier alpha value is -2.40. The summed E-state index contributed by atoms with van der Waals surface area (Å²) in [4.78, 5) is 12.8. The van der Waals surface area contributed by atoms with Crippen LogP contribution >= 0.6 is 0 Å². The van der Waals surface area contributed by atoms with Crippen molar-refractivity contribution in [3.05, 3.63) is 65.5 Å². The summed E-state index contributed by atoms with van der Waals surface area (Å²) in [5.41, 5.74) is 1.19. The second-order valence-corrected chi connectivity index (χ2v) is 6.96. The first kappa shape index (κ1) is 17.0. The first-order valence-corrected chi connectivity index (χ1v) is 8.98. The fourth-order valence-electron chi connectivity index (χ4n) is 4.29. The minimum absolute atomic E-state index is 0.0143. The molecule has 5 heteroatoms. The number of methoxy groups -OCH3 is 1. The number of carbonyl (C=O) groups is 1. The van der Waals surface area contributed by atoms with Crippen molar-refractivity contribution in [2.45, 2.75) is 25.0 Å². The van der Waals surface area contributed by atoms with Crippen molar-refractivity contribution in [1.82, 2.24) is 5.32 Å². The van der Waals surface area contributed by atoms with E-state index in [4.69, 9.17) is 9.47 Å². The highest BCUT2D eigenvalue weighted by molar-refractivity contribution is 5.97. The average molecular weight is 355 g/mol. The average Bonchev–Trinajstić information content (AvgIpc) is 3.09. The van der Waals surface area contributed by atoms with E-state index in [-0.39, 0.29) is 29.4 Å². The van der Waals surface area contributed by atoms with Crippen LogP contribution in [0.3, 0.4) is 0 Å². The van der Waals surface area contributed by atoms with Crippen molar-refractivity contribution in [3.63, 3.8) is 0 Å². The Balaban J connectivity index is 1.53. The lowest BCUT2D eigenvalue weighted by atomic mass is 9.64. The van der Waals surface area contributed by atoms with E-state index < -0.39 is 11.7 Å². The lowest BCUT2D eigenvalue weighted by molar-refractivity contribution is -0.0528. The maximum absolute atomic E-state index is 14.2. The van der Waals surface area contributed by atoms with Gasteiger partial charge in [0, 0.05) is 24.5 Å². The first-order valence-electron chi connectivity index (χ1n) is 8.98. The highest BCUT2D eigenvalue weighted by atomic mass is 19.1. The van der Waals surface area contributed by atoms with Crippen molar-refractivity contribution in [2.75, 3.05) is 13.7 Å². The summed E-state index contributed by atoms with van der Waals surface area (Å²) in [5, 5.41) is 3.05. The number of benzene rings is 2. The highest BCUT2D eigenvalue weighted by Gasteiger charge is 2.54. The molecule has 136 valence electrons. The van der Waals surface area contributed by atoms with Crippen LogP contribution in [0.5, 0.6) is 5.75 Å². The molecule has 2 aromatic carbocycles. The molecule has 0 spiro atoms. The summed E-state index contributed by atoms with van der Waals surface area (Å²) < 4.78 is 25.2.